The van der Waals surface area contributed by atoms with E-state index in [0.717, 1.165) is 5.56 Å². The van der Waals surface area contributed by atoms with Crippen molar-refractivity contribution in [1.82, 2.24) is 4.90 Å². The topological polar surface area (TPSA) is 72.6 Å². The number of benzene rings is 1. The van der Waals surface area contributed by atoms with Crippen LogP contribution >= 0.6 is 11.8 Å². The molecule has 96 valence electrons. The molecule has 0 bridgehead atoms. The molecule has 0 unspecified atom stereocenters. The van der Waals surface area contributed by atoms with E-state index in [1.807, 2.05) is 0 Å². The Kier molecular flexibility index (Phi) is 3.76. The Hall–Kier alpha value is -1.69. The minimum absolute atomic E-state index is 0.141. The Balaban J connectivity index is 2.22. The predicted molar refractivity (Wildman–Crippen MR) is 70.4 cm³/mol. The number of carbonyl (C=O) groups is 2. The summed E-state index contributed by atoms with van der Waals surface area (Å²) in [5, 5.41) is -0.204. The second-order valence-electron chi connectivity index (χ2n) is 3.92. The van der Waals surface area contributed by atoms with Crippen molar-refractivity contribution in [3.05, 3.63) is 23.8 Å². The van der Waals surface area contributed by atoms with Crippen molar-refractivity contribution < 1.29 is 14.3 Å². The SMILES string of the molecule is COc1cc(N)ccc1CN1C(=O)CCSC1=O. The summed E-state index contributed by atoms with van der Waals surface area (Å²) in [6.45, 7) is 0.230. The third-order valence-electron chi connectivity index (χ3n) is 2.70. The van der Waals surface area contributed by atoms with Gasteiger partial charge in [-0.25, -0.2) is 0 Å². The summed E-state index contributed by atoms with van der Waals surface area (Å²) in [5.74, 6) is 1.01. The first-order valence-corrected chi connectivity index (χ1v) is 6.50. The van der Waals surface area contributed by atoms with Crippen molar-refractivity contribution >= 4 is 28.6 Å². The monoisotopic (exact) mass is 266 g/mol. The van der Waals surface area contributed by atoms with Gasteiger partial charge in [-0.05, 0) is 6.07 Å². The van der Waals surface area contributed by atoms with Crippen molar-refractivity contribution in [3.63, 3.8) is 0 Å². The number of imide groups is 1. The van der Waals surface area contributed by atoms with Crippen LogP contribution in [0.15, 0.2) is 18.2 Å². The quantitative estimate of drug-likeness (QED) is 0.845. The average Bonchev–Trinajstić information content (AvgIpc) is 2.35. The number of nitrogens with two attached hydrogens (primary N) is 1. The van der Waals surface area contributed by atoms with Crippen LogP contribution in [-0.2, 0) is 11.3 Å². The van der Waals surface area contributed by atoms with Gasteiger partial charge in [-0.1, -0.05) is 17.8 Å². The molecule has 1 aromatic rings. The maximum atomic E-state index is 11.7. The second-order valence-corrected chi connectivity index (χ2v) is 4.96. The van der Waals surface area contributed by atoms with E-state index in [4.69, 9.17) is 10.5 Å². The highest BCUT2D eigenvalue weighted by Gasteiger charge is 2.27. The van der Waals surface area contributed by atoms with Crippen LogP contribution in [0.25, 0.3) is 0 Å². The molecule has 0 spiro atoms. The van der Waals surface area contributed by atoms with Gasteiger partial charge in [0, 0.05) is 29.5 Å². The molecule has 1 heterocycles. The van der Waals surface area contributed by atoms with Crippen LogP contribution in [0.3, 0.4) is 0 Å². The number of thioether (sulfide) groups is 1. The van der Waals surface area contributed by atoms with E-state index >= 15 is 0 Å². The van der Waals surface area contributed by atoms with E-state index in [9.17, 15) is 9.59 Å². The van der Waals surface area contributed by atoms with E-state index in [-0.39, 0.29) is 17.7 Å². The lowest BCUT2D eigenvalue weighted by Crippen LogP contribution is -2.37. The molecule has 1 aromatic carbocycles. The molecule has 1 saturated heterocycles. The lowest BCUT2D eigenvalue weighted by atomic mass is 10.1. The Morgan fingerprint density at radius 3 is 2.89 bits per heavy atom. The largest absolute Gasteiger partial charge is 0.496 e. The number of hydrogen-bond donors (Lipinski definition) is 1. The molecule has 0 aromatic heterocycles. The van der Waals surface area contributed by atoms with Gasteiger partial charge in [0.05, 0.1) is 13.7 Å². The molecule has 5 nitrogen and oxygen atoms in total. The van der Waals surface area contributed by atoms with Crippen molar-refractivity contribution in [1.29, 1.82) is 0 Å². The molecule has 18 heavy (non-hydrogen) atoms. The normalized spacial score (nSPS) is 15.9. The Morgan fingerprint density at radius 2 is 2.22 bits per heavy atom. The van der Waals surface area contributed by atoms with E-state index < -0.39 is 0 Å². The molecule has 0 atom stereocenters. The predicted octanol–water partition coefficient (Wildman–Crippen LogP) is 1.86. The number of methoxy groups -OCH3 is 1. The zero-order valence-corrected chi connectivity index (χ0v) is 10.8. The van der Waals surface area contributed by atoms with Crippen molar-refractivity contribution in [2.24, 2.45) is 0 Å². The Morgan fingerprint density at radius 1 is 1.44 bits per heavy atom. The summed E-state index contributed by atoms with van der Waals surface area (Å²) in [6, 6.07) is 5.18. The van der Waals surface area contributed by atoms with Crippen LogP contribution in [0.5, 0.6) is 5.75 Å². The van der Waals surface area contributed by atoms with Gasteiger partial charge in [0.15, 0.2) is 0 Å². The Bertz CT molecular complexity index is 474. The molecule has 1 aliphatic rings. The molecule has 0 aliphatic carbocycles. The first-order chi connectivity index (χ1) is 8.61. The van der Waals surface area contributed by atoms with Crippen LogP contribution in [0, 0.1) is 0 Å². The van der Waals surface area contributed by atoms with Crippen molar-refractivity contribution in [2.45, 2.75) is 13.0 Å². The molecule has 0 saturated carbocycles. The van der Waals surface area contributed by atoms with E-state index in [1.54, 1.807) is 18.2 Å². The number of nitrogens with zero attached hydrogens (tertiary/aromatic N) is 1. The maximum absolute atomic E-state index is 11.7. The third kappa shape index (κ3) is 2.59. The molecule has 1 fully saturated rings. The molecule has 0 radical (unpaired) electrons. The van der Waals surface area contributed by atoms with Crippen molar-refractivity contribution in [3.8, 4) is 5.75 Å². The standard InChI is InChI=1S/C12H14N2O3S/c1-17-10-6-9(13)3-2-8(10)7-14-11(15)4-5-18-12(14)16/h2-3,6H,4-5,7,13H2,1H3. The van der Waals surface area contributed by atoms with Gasteiger partial charge in [0.25, 0.3) is 5.24 Å². The lowest BCUT2D eigenvalue weighted by molar-refractivity contribution is -0.128. The average molecular weight is 266 g/mol. The summed E-state index contributed by atoms with van der Waals surface area (Å²) in [6.07, 6.45) is 0.397. The van der Waals surface area contributed by atoms with Gasteiger partial charge < -0.3 is 10.5 Å². The highest BCUT2D eigenvalue weighted by Crippen LogP contribution is 2.26. The van der Waals surface area contributed by atoms with Gasteiger partial charge in [0.2, 0.25) is 5.91 Å². The number of nitrogen functional groups attached to an aromatic ring is 1. The minimum atomic E-state index is -0.204. The first kappa shape index (κ1) is 12.8. The van der Waals surface area contributed by atoms with Gasteiger partial charge in [-0.2, -0.15) is 0 Å². The fourth-order valence-corrected chi connectivity index (χ4v) is 2.53. The summed E-state index contributed by atoms with van der Waals surface area (Å²) in [7, 11) is 1.53. The van der Waals surface area contributed by atoms with Crippen LogP contribution in [-0.4, -0.2) is 28.9 Å². The highest BCUT2D eigenvalue weighted by molar-refractivity contribution is 8.13. The molecule has 2 N–H and O–H groups in total. The van der Waals surface area contributed by atoms with Gasteiger partial charge in [0.1, 0.15) is 5.75 Å². The third-order valence-corrected chi connectivity index (χ3v) is 3.58. The van der Waals surface area contributed by atoms with E-state index in [1.165, 1.54) is 23.8 Å². The first-order valence-electron chi connectivity index (χ1n) is 5.51. The fourth-order valence-electron chi connectivity index (χ4n) is 1.76. The minimum Gasteiger partial charge on any atom is -0.496 e. The summed E-state index contributed by atoms with van der Waals surface area (Å²) < 4.78 is 5.20. The number of carbonyl (C=O) groups excluding carboxylic acids is 2. The number of anilines is 1. The lowest BCUT2D eigenvalue weighted by Gasteiger charge is -2.24. The summed E-state index contributed by atoms with van der Waals surface area (Å²) >= 11 is 1.17. The van der Waals surface area contributed by atoms with Gasteiger partial charge in [-0.3, -0.25) is 14.5 Å². The molecule has 6 heteroatoms. The smallest absolute Gasteiger partial charge is 0.288 e. The number of hydrogen-bond acceptors (Lipinski definition) is 5. The highest BCUT2D eigenvalue weighted by atomic mass is 32.2. The number of ether oxygens (including phenoxy) is 1. The molecular weight excluding hydrogens is 252 g/mol. The van der Waals surface area contributed by atoms with Gasteiger partial charge >= 0.3 is 0 Å². The van der Waals surface area contributed by atoms with Crippen LogP contribution in [0.1, 0.15) is 12.0 Å². The zero-order chi connectivity index (χ0) is 13.1. The second kappa shape index (κ2) is 5.30. The van der Waals surface area contributed by atoms with Crippen LogP contribution in [0.4, 0.5) is 10.5 Å². The van der Waals surface area contributed by atoms with E-state index in [0.29, 0.717) is 23.6 Å². The van der Waals surface area contributed by atoms with Crippen LogP contribution < -0.4 is 10.5 Å². The van der Waals surface area contributed by atoms with Crippen molar-refractivity contribution in [2.75, 3.05) is 18.6 Å². The molecular formula is C12H14N2O3S. The Labute approximate surface area is 109 Å². The molecule has 2 amide bonds. The van der Waals surface area contributed by atoms with E-state index in [2.05, 4.69) is 0 Å². The van der Waals surface area contributed by atoms with Crippen LogP contribution in [0.2, 0.25) is 0 Å². The molecule has 1 aliphatic heterocycles. The maximum Gasteiger partial charge on any atom is 0.288 e. The molecule has 2 rings (SSSR count). The summed E-state index contributed by atoms with van der Waals surface area (Å²) in [5.41, 5.74) is 7.02. The number of amides is 2. The fraction of sp³-hybridized carbons (Fsp3) is 0.333. The van der Waals surface area contributed by atoms with Gasteiger partial charge in [-0.15, -0.1) is 0 Å². The summed E-state index contributed by atoms with van der Waals surface area (Å²) in [4.78, 5) is 24.6. The zero-order valence-electron chi connectivity index (χ0n) is 10.0. The number of rotatable bonds is 3.